The van der Waals surface area contributed by atoms with Crippen LogP contribution in [0.4, 0.5) is 0 Å². The smallest absolute Gasteiger partial charge is 0.278 e. The lowest BCUT2D eigenvalue weighted by molar-refractivity contribution is 0.100. The Balaban J connectivity index is 3.00. The van der Waals surface area contributed by atoms with Crippen LogP contribution in [-0.2, 0) is 0 Å². The van der Waals surface area contributed by atoms with Crippen LogP contribution in [0.25, 0.3) is 0 Å². The Labute approximate surface area is 129 Å². The van der Waals surface area contributed by atoms with Gasteiger partial charge in [0.2, 0.25) is 0 Å². The van der Waals surface area contributed by atoms with E-state index in [0.29, 0.717) is 5.56 Å². The number of rotatable bonds is 2. The van der Waals surface area contributed by atoms with E-state index >= 15 is 0 Å². The summed E-state index contributed by atoms with van der Waals surface area (Å²) in [5.41, 5.74) is 1.82. The van der Waals surface area contributed by atoms with Gasteiger partial charge in [-0.15, -0.1) is 0 Å². The van der Waals surface area contributed by atoms with E-state index in [2.05, 4.69) is 50.2 Å². The molecule has 1 aromatic rings. The first kappa shape index (κ1) is 14.9. The highest BCUT2D eigenvalue weighted by molar-refractivity contribution is 14.1. The standard InChI is InChI=1S/C12H14I2N2O/c1-8-4-5-9(6-10(8)14)12(17)15-11(7-13)16(2)3/h4-6H,7H2,1-3H3. The van der Waals surface area contributed by atoms with Crippen LogP contribution in [0.3, 0.4) is 0 Å². The molecule has 0 heterocycles. The second-order valence-corrected chi connectivity index (χ2v) is 5.75. The third-order valence-corrected chi connectivity index (χ3v) is 4.13. The molecule has 1 aromatic carbocycles. The zero-order valence-electron chi connectivity index (χ0n) is 10.00. The molecule has 92 valence electrons. The van der Waals surface area contributed by atoms with Crippen LogP contribution in [0.2, 0.25) is 0 Å². The number of carbonyl (C=O) groups excluding carboxylic acids is 1. The van der Waals surface area contributed by atoms with Crippen molar-refractivity contribution in [1.82, 2.24) is 4.90 Å². The number of halogens is 2. The van der Waals surface area contributed by atoms with E-state index in [-0.39, 0.29) is 5.91 Å². The molecule has 0 bridgehead atoms. The summed E-state index contributed by atoms with van der Waals surface area (Å²) in [4.78, 5) is 18.0. The summed E-state index contributed by atoms with van der Waals surface area (Å²) in [5.74, 6) is 0.606. The number of benzene rings is 1. The second kappa shape index (κ2) is 6.67. The molecule has 0 N–H and O–H groups in total. The van der Waals surface area contributed by atoms with Crippen molar-refractivity contribution < 1.29 is 4.79 Å². The van der Waals surface area contributed by atoms with Crippen molar-refractivity contribution in [3.63, 3.8) is 0 Å². The van der Waals surface area contributed by atoms with Crippen molar-refractivity contribution in [2.45, 2.75) is 6.92 Å². The Hall–Kier alpha value is -0.180. The summed E-state index contributed by atoms with van der Waals surface area (Å²) >= 11 is 4.43. The summed E-state index contributed by atoms with van der Waals surface area (Å²) in [6.07, 6.45) is 0. The van der Waals surface area contributed by atoms with E-state index in [4.69, 9.17) is 0 Å². The van der Waals surface area contributed by atoms with E-state index in [0.717, 1.165) is 13.8 Å². The van der Waals surface area contributed by atoms with Gasteiger partial charge in [-0.3, -0.25) is 4.79 Å². The quantitative estimate of drug-likeness (QED) is 0.297. The summed E-state index contributed by atoms with van der Waals surface area (Å²) in [6.45, 7) is 2.02. The van der Waals surface area contributed by atoms with Gasteiger partial charge in [-0.25, -0.2) is 0 Å². The first-order valence-corrected chi connectivity index (χ1v) is 7.67. The topological polar surface area (TPSA) is 32.7 Å². The fourth-order valence-electron chi connectivity index (χ4n) is 1.16. The maximum atomic E-state index is 12.0. The van der Waals surface area contributed by atoms with Crippen molar-refractivity contribution >= 4 is 56.9 Å². The first-order valence-electron chi connectivity index (χ1n) is 5.07. The molecular formula is C12H14I2N2O. The van der Waals surface area contributed by atoms with Gasteiger partial charge in [-0.1, -0.05) is 28.7 Å². The van der Waals surface area contributed by atoms with E-state index < -0.39 is 0 Å². The number of aliphatic imine (C=N–C) groups is 1. The third-order valence-electron chi connectivity index (χ3n) is 2.29. The lowest BCUT2D eigenvalue weighted by atomic mass is 10.1. The Kier molecular flexibility index (Phi) is 5.84. The van der Waals surface area contributed by atoms with Crippen LogP contribution in [0.1, 0.15) is 15.9 Å². The molecule has 0 fully saturated rings. The van der Waals surface area contributed by atoms with Gasteiger partial charge >= 0.3 is 0 Å². The highest BCUT2D eigenvalue weighted by Crippen LogP contribution is 2.14. The molecule has 0 radical (unpaired) electrons. The predicted octanol–water partition coefficient (Wildman–Crippen LogP) is 3.13. The molecule has 0 saturated carbocycles. The van der Waals surface area contributed by atoms with Gasteiger partial charge < -0.3 is 4.90 Å². The molecule has 17 heavy (non-hydrogen) atoms. The average Bonchev–Trinajstić information content (AvgIpc) is 2.28. The van der Waals surface area contributed by atoms with Crippen molar-refractivity contribution in [3.8, 4) is 0 Å². The number of carbonyl (C=O) groups is 1. The summed E-state index contributed by atoms with van der Waals surface area (Å²) in [6, 6.07) is 5.65. The van der Waals surface area contributed by atoms with Crippen LogP contribution < -0.4 is 0 Å². The zero-order chi connectivity index (χ0) is 13.0. The highest BCUT2D eigenvalue weighted by Gasteiger charge is 2.08. The van der Waals surface area contributed by atoms with Gasteiger partial charge in [-0.05, 0) is 47.2 Å². The number of hydrogen-bond donors (Lipinski definition) is 0. The summed E-state index contributed by atoms with van der Waals surface area (Å²) in [5, 5.41) is 0. The maximum absolute atomic E-state index is 12.0. The number of nitrogens with zero attached hydrogens (tertiary/aromatic N) is 2. The highest BCUT2D eigenvalue weighted by atomic mass is 127. The number of hydrogen-bond acceptors (Lipinski definition) is 1. The number of amidine groups is 1. The van der Waals surface area contributed by atoms with Crippen molar-refractivity contribution in [1.29, 1.82) is 0 Å². The molecular weight excluding hydrogens is 442 g/mol. The molecule has 5 heteroatoms. The molecule has 1 rings (SSSR count). The van der Waals surface area contributed by atoms with Gasteiger partial charge in [0.05, 0.1) is 4.43 Å². The van der Waals surface area contributed by atoms with Crippen molar-refractivity contribution in [2.24, 2.45) is 4.99 Å². The molecule has 0 aromatic heterocycles. The van der Waals surface area contributed by atoms with Gasteiger partial charge in [0.15, 0.2) is 0 Å². The van der Waals surface area contributed by atoms with E-state index in [1.54, 1.807) is 0 Å². The Morgan fingerprint density at radius 3 is 2.53 bits per heavy atom. The molecule has 0 aliphatic rings. The third kappa shape index (κ3) is 4.20. The Bertz CT molecular complexity index is 456. The molecule has 0 unspecified atom stereocenters. The SMILES string of the molecule is Cc1ccc(C(=O)N=C(CI)N(C)C)cc1I. The minimum atomic E-state index is -0.178. The minimum Gasteiger partial charge on any atom is -0.365 e. The molecule has 0 spiro atoms. The molecule has 0 aliphatic carbocycles. The lowest BCUT2D eigenvalue weighted by Crippen LogP contribution is -2.24. The molecule has 3 nitrogen and oxygen atoms in total. The predicted molar refractivity (Wildman–Crippen MR) is 88.2 cm³/mol. The number of aryl methyl sites for hydroxylation is 1. The lowest BCUT2D eigenvalue weighted by Gasteiger charge is -2.12. The van der Waals surface area contributed by atoms with E-state index in [9.17, 15) is 4.79 Å². The fraction of sp³-hybridized carbons (Fsp3) is 0.333. The molecule has 0 atom stereocenters. The summed E-state index contributed by atoms with van der Waals surface area (Å²) < 4.78 is 1.81. The number of alkyl halides is 1. The van der Waals surface area contributed by atoms with E-state index in [1.807, 2.05) is 44.1 Å². The zero-order valence-corrected chi connectivity index (χ0v) is 14.3. The monoisotopic (exact) mass is 456 g/mol. The van der Waals surface area contributed by atoms with Gasteiger partial charge in [0.1, 0.15) is 5.84 Å². The van der Waals surface area contributed by atoms with E-state index in [1.165, 1.54) is 5.56 Å². The summed E-state index contributed by atoms with van der Waals surface area (Å²) in [7, 11) is 3.79. The van der Waals surface area contributed by atoms with Crippen molar-refractivity contribution in [3.05, 3.63) is 32.9 Å². The van der Waals surface area contributed by atoms with Gasteiger partial charge in [-0.2, -0.15) is 4.99 Å². The largest absolute Gasteiger partial charge is 0.365 e. The number of amides is 1. The molecule has 0 aliphatic heterocycles. The van der Waals surface area contributed by atoms with Gasteiger partial charge in [0, 0.05) is 23.2 Å². The van der Waals surface area contributed by atoms with Gasteiger partial charge in [0.25, 0.3) is 5.91 Å². The van der Waals surface area contributed by atoms with Crippen LogP contribution in [-0.4, -0.2) is 35.2 Å². The minimum absolute atomic E-state index is 0.178. The Morgan fingerprint density at radius 2 is 2.06 bits per heavy atom. The van der Waals surface area contributed by atoms with Crippen LogP contribution in [0, 0.1) is 10.5 Å². The van der Waals surface area contributed by atoms with Crippen LogP contribution >= 0.6 is 45.2 Å². The normalized spacial score (nSPS) is 11.5. The first-order chi connectivity index (χ1) is 7.95. The van der Waals surface area contributed by atoms with Crippen LogP contribution in [0.5, 0.6) is 0 Å². The van der Waals surface area contributed by atoms with Crippen LogP contribution in [0.15, 0.2) is 23.2 Å². The fourth-order valence-corrected chi connectivity index (χ4v) is 2.53. The van der Waals surface area contributed by atoms with Crippen molar-refractivity contribution in [2.75, 3.05) is 18.5 Å². The molecule has 0 saturated heterocycles. The Morgan fingerprint density at radius 1 is 1.41 bits per heavy atom. The maximum Gasteiger partial charge on any atom is 0.278 e. The second-order valence-electron chi connectivity index (χ2n) is 3.83. The average molecular weight is 456 g/mol. The molecule has 1 amide bonds.